The number of rotatable bonds is 8. The van der Waals surface area contributed by atoms with Crippen molar-refractivity contribution in [3.8, 4) is 5.75 Å². The highest BCUT2D eigenvalue weighted by atomic mass is 32.2. The van der Waals surface area contributed by atoms with Gasteiger partial charge in [-0.25, -0.2) is 8.42 Å². The summed E-state index contributed by atoms with van der Waals surface area (Å²) in [5.74, 6) is 0.252. The first kappa shape index (κ1) is 21.8. The number of hydrogen-bond acceptors (Lipinski definition) is 4. The highest BCUT2D eigenvalue weighted by molar-refractivity contribution is 7.92. The number of carbonyl (C=O) groups excluding carboxylic acids is 1. The van der Waals surface area contributed by atoms with Gasteiger partial charge >= 0.3 is 0 Å². The summed E-state index contributed by atoms with van der Waals surface area (Å²) in [5, 5.41) is 2.82. The van der Waals surface area contributed by atoms with Gasteiger partial charge in [0.25, 0.3) is 0 Å². The minimum absolute atomic E-state index is 0.330. The van der Waals surface area contributed by atoms with Gasteiger partial charge in [-0.1, -0.05) is 19.1 Å². The fraction of sp³-hybridized carbons (Fsp3) is 0.381. The summed E-state index contributed by atoms with van der Waals surface area (Å²) >= 11 is 0. The minimum Gasteiger partial charge on any atom is -0.494 e. The average Bonchev–Trinajstić information content (AvgIpc) is 2.61. The smallest absolute Gasteiger partial charge is 0.248 e. The largest absolute Gasteiger partial charge is 0.494 e. The highest BCUT2D eigenvalue weighted by Crippen LogP contribution is 2.26. The van der Waals surface area contributed by atoms with Gasteiger partial charge < -0.3 is 10.1 Å². The Morgan fingerprint density at radius 3 is 2.39 bits per heavy atom. The number of ether oxygens (including phenoxy) is 1. The minimum atomic E-state index is -3.67. The lowest BCUT2D eigenvalue weighted by atomic mass is 10.1. The van der Waals surface area contributed by atoms with Gasteiger partial charge in [-0.15, -0.1) is 0 Å². The number of carbonyl (C=O) groups is 1. The van der Waals surface area contributed by atoms with E-state index in [0.717, 1.165) is 17.4 Å². The van der Waals surface area contributed by atoms with E-state index in [1.165, 1.54) is 4.31 Å². The normalized spacial score (nSPS) is 12.3. The fourth-order valence-electron chi connectivity index (χ4n) is 2.98. The maximum absolute atomic E-state index is 13.0. The molecule has 0 saturated heterocycles. The molecular formula is C21H28N2O4S. The maximum atomic E-state index is 13.0. The summed E-state index contributed by atoms with van der Waals surface area (Å²) < 4.78 is 31.7. The van der Waals surface area contributed by atoms with Gasteiger partial charge in [0.2, 0.25) is 15.9 Å². The second-order valence-corrected chi connectivity index (χ2v) is 8.56. The number of nitrogens with zero attached hydrogens (tertiary/aromatic N) is 1. The molecule has 0 aliphatic carbocycles. The van der Waals surface area contributed by atoms with Crippen molar-refractivity contribution in [2.75, 3.05) is 22.5 Å². The van der Waals surface area contributed by atoms with Crippen LogP contribution >= 0.6 is 0 Å². The molecule has 1 amide bonds. The van der Waals surface area contributed by atoms with Crippen molar-refractivity contribution < 1.29 is 17.9 Å². The van der Waals surface area contributed by atoms with E-state index >= 15 is 0 Å². The van der Waals surface area contributed by atoms with E-state index in [-0.39, 0.29) is 5.91 Å². The standard InChI is InChI=1S/C21H28N2O4S/c1-6-20(21(24)22-17-9-8-10-19(14-17)27-7-2)23(28(5,25)26)18-12-11-15(3)16(4)13-18/h8-14,20H,6-7H2,1-5H3,(H,22,24). The van der Waals surface area contributed by atoms with Gasteiger partial charge in [0.15, 0.2) is 0 Å². The second-order valence-electron chi connectivity index (χ2n) is 6.70. The Morgan fingerprint density at radius 2 is 1.82 bits per heavy atom. The van der Waals surface area contributed by atoms with Gasteiger partial charge in [0, 0.05) is 11.8 Å². The van der Waals surface area contributed by atoms with Crippen LogP contribution < -0.4 is 14.4 Å². The van der Waals surface area contributed by atoms with Crippen molar-refractivity contribution in [3.63, 3.8) is 0 Å². The van der Waals surface area contributed by atoms with Gasteiger partial charge in [0.05, 0.1) is 18.6 Å². The molecule has 0 bridgehead atoms. The molecule has 0 fully saturated rings. The van der Waals surface area contributed by atoms with Crippen LogP contribution in [0.2, 0.25) is 0 Å². The van der Waals surface area contributed by atoms with E-state index in [9.17, 15) is 13.2 Å². The molecule has 152 valence electrons. The zero-order valence-electron chi connectivity index (χ0n) is 17.0. The van der Waals surface area contributed by atoms with Crippen molar-refractivity contribution in [1.82, 2.24) is 0 Å². The Labute approximate surface area is 167 Å². The van der Waals surface area contributed by atoms with Crippen LogP contribution in [0, 0.1) is 13.8 Å². The summed E-state index contributed by atoms with van der Waals surface area (Å²) in [4.78, 5) is 13.0. The van der Waals surface area contributed by atoms with Crippen molar-refractivity contribution >= 4 is 27.3 Å². The maximum Gasteiger partial charge on any atom is 0.248 e. The van der Waals surface area contributed by atoms with E-state index < -0.39 is 16.1 Å². The Balaban J connectivity index is 2.36. The first-order valence-electron chi connectivity index (χ1n) is 9.27. The Hall–Kier alpha value is -2.54. The lowest BCUT2D eigenvalue weighted by Crippen LogP contribution is -2.47. The zero-order chi connectivity index (χ0) is 20.9. The van der Waals surface area contributed by atoms with E-state index in [1.54, 1.807) is 43.3 Å². The number of aryl methyl sites for hydroxylation is 2. The predicted octanol–water partition coefficient (Wildman–Crippen LogP) is 3.89. The van der Waals surface area contributed by atoms with Crippen LogP contribution in [-0.4, -0.2) is 33.2 Å². The van der Waals surface area contributed by atoms with Crippen molar-refractivity contribution in [3.05, 3.63) is 53.6 Å². The Bertz CT molecular complexity index is 941. The number of nitrogens with one attached hydrogen (secondary N) is 1. The van der Waals surface area contributed by atoms with Crippen molar-refractivity contribution in [2.24, 2.45) is 0 Å². The molecule has 2 aromatic rings. The number of anilines is 2. The lowest BCUT2D eigenvalue weighted by molar-refractivity contribution is -0.117. The van der Waals surface area contributed by atoms with Crippen LogP contribution in [0.25, 0.3) is 0 Å². The van der Waals surface area contributed by atoms with Gasteiger partial charge in [0.1, 0.15) is 11.8 Å². The highest BCUT2D eigenvalue weighted by Gasteiger charge is 2.31. The predicted molar refractivity (Wildman–Crippen MR) is 114 cm³/mol. The molecule has 0 aliphatic heterocycles. The third-order valence-electron chi connectivity index (χ3n) is 4.49. The van der Waals surface area contributed by atoms with Gasteiger partial charge in [-0.05, 0) is 62.6 Å². The van der Waals surface area contributed by atoms with Crippen molar-refractivity contribution in [1.29, 1.82) is 0 Å². The van der Waals surface area contributed by atoms with Crippen LogP contribution in [0.15, 0.2) is 42.5 Å². The number of benzene rings is 2. The van der Waals surface area contributed by atoms with E-state index in [0.29, 0.717) is 30.2 Å². The zero-order valence-corrected chi connectivity index (χ0v) is 17.8. The van der Waals surface area contributed by atoms with Crippen LogP contribution in [-0.2, 0) is 14.8 Å². The molecule has 1 unspecified atom stereocenters. The quantitative estimate of drug-likeness (QED) is 0.724. The van der Waals surface area contributed by atoms with E-state index in [1.807, 2.05) is 26.8 Å². The van der Waals surface area contributed by atoms with Crippen LogP contribution in [0.3, 0.4) is 0 Å². The SMILES string of the molecule is CCOc1cccc(NC(=O)C(CC)N(c2ccc(C)c(C)c2)S(C)(=O)=O)c1. The third-order valence-corrected chi connectivity index (χ3v) is 5.67. The molecule has 1 atom stereocenters. The number of amides is 1. The lowest BCUT2D eigenvalue weighted by Gasteiger charge is -2.30. The Morgan fingerprint density at radius 1 is 1.11 bits per heavy atom. The molecule has 0 aliphatic rings. The molecule has 0 aromatic heterocycles. The van der Waals surface area contributed by atoms with Crippen LogP contribution in [0.1, 0.15) is 31.4 Å². The molecule has 28 heavy (non-hydrogen) atoms. The van der Waals surface area contributed by atoms with Crippen LogP contribution in [0.5, 0.6) is 5.75 Å². The average molecular weight is 405 g/mol. The monoisotopic (exact) mass is 404 g/mol. The molecular weight excluding hydrogens is 376 g/mol. The molecule has 7 heteroatoms. The Kier molecular flexibility index (Phi) is 7.07. The first-order chi connectivity index (χ1) is 13.2. The number of sulfonamides is 1. The van der Waals surface area contributed by atoms with E-state index in [4.69, 9.17) is 4.74 Å². The van der Waals surface area contributed by atoms with E-state index in [2.05, 4.69) is 5.32 Å². The molecule has 2 aromatic carbocycles. The van der Waals surface area contributed by atoms with Crippen LogP contribution in [0.4, 0.5) is 11.4 Å². The van der Waals surface area contributed by atoms with Gasteiger partial charge in [-0.2, -0.15) is 0 Å². The molecule has 0 saturated carbocycles. The fourth-order valence-corrected chi connectivity index (χ4v) is 4.18. The molecule has 0 spiro atoms. The molecule has 1 N–H and O–H groups in total. The summed E-state index contributed by atoms with van der Waals surface area (Å²) in [5.41, 5.74) is 3.06. The summed E-state index contributed by atoms with van der Waals surface area (Å²) in [6.45, 7) is 8.06. The number of hydrogen-bond donors (Lipinski definition) is 1. The first-order valence-corrected chi connectivity index (χ1v) is 11.1. The summed E-state index contributed by atoms with van der Waals surface area (Å²) in [7, 11) is -3.67. The topological polar surface area (TPSA) is 75.7 Å². The van der Waals surface area contributed by atoms with Crippen molar-refractivity contribution in [2.45, 2.75) is 40.2 Å². The second kappa shape index (κ2) is 9.10. The third kappa shape index (κ3) is 5.25. The molecule has 0 radical (unpaired) electrons. The molecule has 2 rings (SSSR count). The summed E-state index contributed by atoms with van der Waals surface area (Å²) in [6.07, 6.45) is 1.45. The molecule has 0 heterocycles. The molecule has 6 nitrogen and oxygen atoms in total. The van der Waals surface area contributed by atoms with Gasteiger partial charge in [-0.3, -0.25) is 9.10 Å². The summed E-state index contributed by atoms with van der Waals surface area (Å²) in [6, 6.07) is 11.6.